The van der Waals surface area contributed by atoms with E-state index in [-0.39, 0.29) is 16.8 Å². The summed E-state index contributed by atoms with van der Waals surface area (Å²) in [6, 6.07) is 0. The van der Waals surface area contributed by atoms with Crippen LogP contribution in [0, 0.1) is 16.7 Å². The third kappa shape index (κ3) is 2.66. The molecule has 0 bridgehead atoms. The summed E-state index contributed by atoms with van der Waals surface area (Å²) in [5, 5.41) is 14.5. The zero-order chi connectivity index (χ0) is 9.72. The molecule has 0 saturated heterocycles. The SMILES string of the molecule is COC(=N)/C(Cl)=C(\C=N)C(C)C. The van der Waals surface area contributed by atoms with E-state index < -0.39 is 0 Å². The molecule has 68 valence electrons. The predicted octanol–water partition coefficient (Wildman–Crippen LogP) is 2.41. The molecule has 0 aliphatic carbocycles. The quantitative estimate of drug-likeness (QED) is 0.519. The van der Waals surface area contributed by atoms with E-state index in [1.165, 1.54) is 7.11 Å². The maximum Gasteiger partial charge on any atom is 0.225 e. The van der Waals surface area contributed by atoms with Gasteiger partial charge >= 0.3 is 0 Å². The topological polar surface area (TPSA) is 56.9 Å². The summed E-state index contributed by atoms with van der Waals surface area (Å²) >= 11 is 5.77. The van der Waals surface area contributed by atoms with Crippen LogP contribution in [0.3, 0.4) is 0 Å². The molecule has 0 aromatic rings. The van der Waals surface area contributed by atoms with Gasteiger partial charge in [0.1, 0.15) is 5.03 Å². The molecule has 0 amide bonds. The highest BCUT2D eigenvalue weighted by Gasteiger charge is 2.10. The van der Waals surface area contributed by atoms with Gasteiger partial charge in [-0.15, -0.1) is 0 Å². The Kier molecular flexibility index (Phi) is 4.59. The molecule has 0 aromatic heterocycles. The lowest BCUT2D eigenvalue weighted by molar-refractivity contribution is 0.401. The van der Waals surface area contributed by atoms with Gasteiger partial charge in [0.05, 0.1) is 7.11 Å². The maximum atomic E-state index is 7.26. The van der Waals surface area contributed by atoms with Crippen LogP contribution in [0.25, 0.3) is 0 Å². The third-order valence-electron chi connectivity index (χ3n) is 1.43. The molecule has 4 heteroatoms. The van der Waals surface area contributed by atoms with E-state index in [0.717, 1.165) is 6.21 Å². The first-order valence-corrected chi connectivity index (χ1v) is 3.95. The molecule has 12 heavy (non-hydrogen) atoms. The summed E-state index contributed by atoms with van der Waals surface area (Å²) in [6.45, 7) is 3.82. The monoisotopic (exact) mass is 188 g/mol. The fourth-order valence-electron chi connectivity index (χ4n) is 0.704. The largest absolute Gasteiger partial charge is 0.480 e. The van der Waals surface area contributed by atoms with E-state index in [0.29, 0.717) is 5.57 Å². The zero-order valence-electron chi connectivity index (χ0n) is 7.44. The van der Waals surface area contributed by atoms with E-state index in [1.54, 1.807) is 0 Å². The molecule has 0 rings (SSSR count). The standard InChI is InChI=1S/C8H13ClN2O/c1-5(2)6(4-10)7(9)8(11)12-3/h4-5,10-11H,1-3H3/b7-6-,10-4?,11-8?. The number of rotatable bonds is 3. The Labute approximate surface area is 77.4 Å². The maximum absolute atomic E-state index is 7.26. The summed E-state index contributed by atoms with van der Waals surface area (Å²) in [5.41, 5.74) is 0.614. The van der Waals surface area contributed by atoms with Gasteiger partial charge in [0, 0.05) is 6.21 Å². The van der Waals surface area contributed by atoms with Gasteiger partial charge in [0.25, 0.3) is 0 Å². The molecular formula is C8H13ClN2O. The van der Waals surface area contributed by atoms with E-state index >= 15 is 0 Å². The number of hydrogen-bond acceptors (Lipinski definition) is 3. The van der Waals surface area contributed by atoms with Crippen molar-refractivity contribution in [3.8, 4) is 0 Å². The molecule has 0 spiro atoms. The number of methoxy groups -OCH3 is 1. The second-order valence-corrected chi connectivity index (χ2v) is 2.98. The minimum atomic E-state index is -0.0936. The van der Waals surface area contributed by atoms with Crippen LogP contribution >= 0.6 is 11.6 Å². The Hall–Kier alpha value is -0.830. The van der Waals surface area contributed by atoms with Crippen molar-refractivity contribution in [2.45, 2.75) is 13.8 Å². The fourth-order valence-corrected chi connectivity index (χ4v) is 1.05. The van der Waals surface area contributed by atoms with Crippen LogP contribution in [0.5, 0.6) is 0 Å². The Balaban J connectivity index is 4.84. The van der Waals surface area contributed by atoms with Gasteiger partial charge in [-0.3, -0.25) is 5.41 Å². The van der Waals surface area contributed by atoms with E-state index in [4.69, 9.17) is 22.4 Å². The average Bonchev–Trinajstić information content (AvgIpc) is 2.03. The molecule has 3 nitrogen and oxygen atoms in total. The molecule has 0 saturated carbocycles. The lowest BCUT2D eigenvalue weighted by atomic mass is 10.0. The summed E-state index contributed by atoms with van der Waals surface area (Å²) in [7, 11) is 1.38. The second-order valence-electron chi connectivity index (χ2n) is 2.60. The molecule has 0 aliphatic heterocycles. The number of hydrogen-bond donors (Lipinski definition) is 2. The van der Waals surface area contributed by atoms with Crippen molar-refractivity contribution in [1.29, 1.82) is 10.8 Å². The highest BCUT2D eigenvalue weighted by Crippen LogP contribution is 2.17. The molecule has 0 radical (unpaired) electrons. The van der Waals surface area contributed by atoms with Crippen molar-refractivity contribution < 1.29 is 4.74 Å². The van der Waals surface area contributed by atoms with Crippen LogP contribution in [-0.2, 0) is 4.74 Å². The van der Waals surface area contributed by atoms with Crippen molar-refractivity contribution in [3.05, 3.63) is 10.6 Å². The number of allylic oxidation sites excluding steroid dienone is 1. The molecule has 0 fully saturated rings. The van der Waals surface area contributed by atoms with Crippen LogP contribution in [0.1, 0.15) is 13.8 Å². The first kappa shape index (κ1) is 11.2. The third-order valence-corrected chi connectivity index (χ3v) is 1.82. The van der Waals surface area contributed by atoms with Crippen molar-refractivity contribution in [3.63, 3.8) is 0 Å². The van der Waals surface area contributed by atoms with Gasteiger partial charge in [0.15, 0.2) is 0 Å². The number of ether oxygens (including phenoxy) is 1. The lowest BCUT2D eigenvalue weighted by Gasteiger charge is -2.08. The van der Waals surface area contributed by atoms with Gasteiger partial charge in [-0.1, -0.05) is 25.4 Å². The van der Waals surface area contributed by atoms with Gasteiger partial charge in [0.2, 0.25) is 5.90 Å². The molecule has 2 N–H and O–H groups in total. The summed E-state index contributed by atoms with van der Waals surface area (Å²) in [6.07, 6.45) is 1.15. The molecule has 0 atom stereocenters. The van der Waals surface area contributed by atoms with Gasteiger partial charge in [-0.2, -0.15) is 0 Å². The Morgan fingerprint density at radius 2 is 2.00 bits per heavy atom. The minimum Gasteiger partial charge on any atom is -0.480 e. The molecule has 0 unspecified atom stereocenters. The highest BCUT2D eigenvalue weighted by molar-refractivity contribution is 6.43. The van der Waals surface area contributed by atoms with Crippen molar-refractivity contribution >= 4 is 23.7 Å². The lowest BCUT2D eigenvalue weighted by Crippen LogP contribution is -2.06. The first-order valence-electron chi connectivity index (χ1n) is 3.57. The average molecular weight is 189 g/mol. The summed E-state index contributed by atoms with van der Waals surface area (Å²) in [4.78, 5) is 0. The number of nitrogens with one attached hydrogen (secondary N) is 2. The molecule has 0 heterocycles. The second kappa shape index (κ2) is 4.93. The van der Waals surface area contributed by atoms with Crippen molar-refractivity contribution in [2.75, 3.05) is 7.11 Å². The molecule has 0 aromatic carbocycles. The fraction of sp³-hybridized carbons (Fsp3) is 0.500. The van der Waals surface area contributed by atoms with E-state index in [1.807, 2.05) is 13.8 Å². The van der Waals surface area contributed by atoms with Crippen LogP contribution in [0.4, 0.5) is 0 Å². The Morgan fingerprint density at radius 1 is 1.50 bits per heavy atom. The van der Waals surface area contributed by atoms with Crippen molar-refractivity contribution in [1.82, 2.24) is 0 Å². The van der Waals surface area contributed by atoms with E-state index in [9.17, 15) is 0 Å². The zero-order valence-corrected chi connectivity index (χ0v) is 8.20. The molecule has 0 aliphatic rings. The van der Waals surface area contributed by atoms with Crippen LogP contribution in [-0.4, -0.2) is 19.2 Å². The highest BCUT2D eigenvalue weighted by atomic mass is 35.5. The van der Waals surface area contributed by atoms with Gasteiger partial charge in [-0.05, 0) is 11.5 Å². The minimum absolute atomic E-state index is 0.0936. The number of halogens is 1. The van der Waals surface area contributed by atoms with Crippen molar-refractivity contribution in [2.24, 2.45) is 5.92 Å². The summed E-state index contributed by atoms with van der Waals surface area (Å²) < 4.78 is 4.64. The van der Waals surface area contributed by atoms with E-state index in [2.05, 4.69) is 4.74 Å². The normalized spacial score (nSPS) is 12.4. The van der Waals surface area contributed by atoms with Crippen LogP contribution in [0.2, 0.25) is 0 Å². The van der Waals surface area contributed by atoms with Gasteiger partial charge < -0.3 is 10.1 Å². The Bertz CT molecular complexity index is 221. The first-order chi connectivity index (χ1) is 5.54. The molecular weight excluding hydrogens is 176 g/mol. The Morgan fingerprint density at radius 3 is 2.25 bits per heavy atom. The predicted molar refractivity (Wildman–Crippen MR) is 51.2 cm³/mol. The van der Waals surface area contributed by atoms with Crippen LogP contribution < -0.4 is 0 Å². The smallest absolute Gasteiger partial charge is 0.225 e. The summed E-state index contributed by atoms with van der Waals surface area (Å²) in [5.74, 6) is 0.0365. The van der Waals surface area contributed by atoms with Gasteiger partial charge in [-0.25, -0.2) is 0 Å². The van der Waals surface area contributed by atoms with Crippen LogP contribution in [0.15, 0.2) is 10.6 Å².